The molecule has 0 radical (unpaired) electrons. The maximum Gasteiger partial charge on any atom is 0.228 e. The first-order valence-corrected chi connectivity index (χ1v) is 6.30. The van der Waals surface area contributed by atoms with Gasteiger partial charge in [-0.1, -0.05) is 6.92 Å². The Morgan fingerprint density at radius 1 is 1.71 bits per heavy atom. The maximum absolute atomic E-state index is 11.5. The summed E-state index contributed by atoms with van der Waals surface area (Å²) in [7, 11) is 0. The average molecular weight is 274 g/mol. The van der Waals surface area contributed by atoms with Crippen LogP contribution in [0, 0.1) is 5.41 Å². The first-order chi connectivity index (χ1) is 6.59. The molecule has 1 saturated heterocycles. The van der Waals surface area contributed by atoms with Gasteiger partial charge in [0.2, 0.25) is 5.91 Å². The molecule has 1 amide bonds. The lowest BCUT2D eigenvalue weighted by Crippen LogP contribution is -2.59. The third-order valence-corrected chi connectivity index (χ3v) is 5.01. The highest BCUT2D eigenvalue weighted by molar-refractivity contribution is 9.10. The van der Waals surface area contributed by atoms with Gasteiger partial charge < -0.3 is 5.32 Å². The molecule has 0 bridgehead atoms. The van der Waals surface area contributed by atoms with Crippen molar-refractivity contribution < 1.29 is 4.79 Å². The molecule has 2 heterocycles. The van der Waals surface area contributed by atoms with E-state index in [-0.39, 0.29) is 17.4 Å². The molecule has 0 saturated carbocycles. The lowest BCUT2D eigenvalue weighted by molar-refractivity contribution is -0.144. The van der Waals surface area contributed by atoms with E-state index in [2.05, 4.69) is 28.2 Å². The monoisotopic (exact) mass is 273 g/mol. The zero-order valence-electron chi connectivity index (χ0n) is 8.13. The van der Waals surface area contributed by atoms with Crippen molar-refractivity contribution in [1.29, 1.82) is 0 Å². The fourth-order valence-electron chi connectivity index (χ4n) is 1.74. The zero-order chi connectivity index (χ0) is 10.3. The second-order valence-electron chi connectivity index (χ2n) is 3.81. The molecule has 1 aliphatic heterocycles. The Hall–Kier alpha value is -0.350. The van der Waals surface area contributed by atoms with Gasteiger partial charge in [0.1, 0.15) is 0 Å². The molecule has 2 nitrogen and oxygen atoms in total. The minimum atomic E-state index is -0.215. The highest BCUT2D eigenvalue weighted by Gasteiger charge is 2.51. The van der Waals surface area contributed by atoms with Crippen LogP contribution in [0.1, 0.15) is 31.2 Å². The van der Waals surface area contributed by atoms with Gasteiger partial charge in [0.25, 0.3) is 0 Å². The lowest BCUT2D eigenvalue weighted by Gasteiger charge is -2.45. The zero-order valence-corrected chi connectivity index (χ0v) is 10.5. The molecule has 2 rings (SSSR count). The molecule has 4 heteroatoms. The number of nitrogens with one attached hydrogen (secondary N) is 1. The summed E-state index contributed by atoms with van der Waals surface area (Å²) in [5, 5.41) is 5.01. The summed E-state index contributed by atoms with van der Waals surface area (Å²) in [6.45, 7) is 4.09. The smallest absolute Gasteiger partial charge is 0.228 e. The van der Waals surface area contributed by atoms with Crippen LogP contribution in [-0.4, -0.2) is 5.91 Å². The Labute approximate surface area is 95.8 Å². The van der Waals surface area contributed by atoms with E-state index in [4.69, 9.17) is 0 Å². The molecule has 76 valence electrons. The molecule has 2 unspecified atom stereocenters. The summed E-state index contributed by atoms with van der Waals surface area (Å²) in [4.78, 5) is 12.7. The summed E-state index contributed by atoms with van der Waals surface area (Å²) in [5.74, 6) is 0.172. The number of thiophene rings is 1. The molecule has 0 aliphatic carbocycles. The second kappa shape index (κ2) is 3.35. The molecule has 1 aliphatic rings. The van der Waals surface area contributed by atoms with Crippen molar-refractivity contribution in [3.8, 4) is 0 Å². The van der Waals surface area contributed by atoms with Gasteiger partial charge in [-0.25, -0.2) is 0 Å². The topological polar surface area (TPSA) is 29.1 Å². The number of hydrogen-bond donors (Lipinski definition) is 1. The highest BCUT2D eigenvalue weighted by Crippen LogP contribution is 2.48. The van der Waals surface area contributed by atoms with E-state index in [9.17, 15) is 4.79 Å². The Morgan fingerprint density at radius 2 is 2.43 bits per heavy atom. The second-order valence-corrected chi connectivity index (χ2v) is 5.61. The van der Waals surface area contributed by atoms with Crippen LogP contribution in [0.25, 0.3) is 0 Å². The maximum atomic E-state index is 11.5. The van der Waals surface area contributed by atoms with E-state index < -0.39 is 0 Å². The van der Waals surface area contributed by atoms with Crippen LogP contribution in [0.5, 0.6) is 0 Å². The number of carbonyl (C=O) groups is 1. The molecule has 0 aromatic carbocycles. The molecule has 1 aromatic rings. The molecule has 1 aromatic heterocycles. The molecule has 1 N–H and O–H groups in total. The van der Waals surface area contributed by atoms with Gasteiger partial charge in [0.15, 0.2) is 0 Å². The van der Waals surface area contributed by atoms with Crippen LogP contribution in [0.2, 0.25) is 0 Å². The SMILES string of the molecule is CCC1(C)C(=O)NC1c1sccc1Br. The predicted octanol–water partition coefficient (Wildman–Crippen LogP) is 3.10. The number of carbonyl (C=O) groups excluding carboxylic acids is 1. The standard InChI is InChI=1S/C10H12BrNOS/c1-3-10(2)8(12-9(10)13)7-6(11)4-5-14-7/h4-5,8H,3H2,1-2H3,(H,12,13). The van der Waals surface area contributed by atoms with E-state index >= 15 is 0 Å². The largest absolute Gasteiger partial charge is 0.347 e. The number of rotatable bonds is 2. The Balaban J connectivity index is 2.31. The van der Waals surface area contributed by atoms with Crippen LogP contribution >= 0.6 is 27.3 Å². The first kappa shape index (κ1) is 10.2. The van der Waals surface area contributed by atoms with E-state index in [1.807, 2.05) is 18.4 Å². The van der Waals surface area contributed by atoms with Crippen molar-refractivity contribution in [3.05, 3.63) is 20.8 Å². The van der Waals surface area contributed by atoms with E-state index in [1.165, 1.54) is 4.88 Å². The molecular formula is C10H12BrNOS. The van der Waals surface area contributed by atoms with Gasteiger partial charge >= 0.3 is 0 Å². The molecule has 14 heavy (non-hydrogen) atoms. The molecular weight excluding hydrogens is 262 g/mol. The van der Waals surface area contributed by atoms with Crippen molar-refractivity contribution in [3.63, 3.8) is 0 Å². The van der Waals surface area contributed by atoms with Crippen LogP contribution in [-0.2, 0) is 4.79 Å². The minimum absolute atomic E-state index is 0.172. The van der Waals surface area contributed by atoms with Crippen LogP contribution < -0.4 is 5.32 Å². The summed E-state index contributed by atoms with van der Waals surface area (Å²) in [5.41, 5.74) is -0.215. The normalized spacial score (nSPS) is 31.1. The molecule has 2 atom stereocenters. The quantitative estimate of drug-likeness (QED) is 0.825. The van der Waals surface area contributed by atoms with Gasteiger partial charge in [-0.05, 0) is 40.7 Å². The Kier molecular flexibility index (Phi) is 2.43. The van der Waals surface area contributed by atoms with Crippen LogP contribution in [0.4, 0.5) is 0 Å². The van der Waals surface area contributed by atoms with Crippen LogP contribution in [0.15, 0.2) is 15.9 Å². The third-order valence-electron chi connectivity index (χ3n) is 3.07. The first-order valence-electron chi connectivity index (χ1n) is 4.63. The third kappa shape index (κ3) is 1.24. The summed E-state index contributed by atoms with van der Waals surface area (Å²) >= 11 is 5.19. The summed E-state index contributed by atoms with van der Waals surface area (Å²) < 4.78 is 1.10. The minimum Gasteiger partial charge on any atom is -0.347 e. The van der Waals surface area contributed by atoms with Gasteiger partial charge in [-0.2, -0.15) is 0 Å². The fourth-order valence-corrected chi connectivity index (χ4v) is 3.54. The van der Waals surface area contributed by atoms with E-state index in [1.54, 1.807) is 11.3 Å². The van der Waals surface area contributed by atoms with Gasteiger partial charge in [-0.3, -0.25) is 4.79 Å². The predicted molar refractivity (Wildman–Crippen MR) is 61.3 cm³/mol. The average Bonchev–Trinajstić information content (AvgIpc) is 2.59. The lowest BCUT2D eigenvalue weighted by atomic mass is 9.71. The summed E-state index contributed by atoms with van der Waals surface area (Å²) in [6.07, 6.45) is 0.883. The fraction of sp³-hybridized carbons (Fsp3) is 0.500. The van der Waals surface area contributed by atoms with Gasteiger partial charge in [-0.15, -0.1) is 11.3 Å². The van der Waals surface area contributed by atoms with Gasteiger partial charge in [0, 0.05) is 9.35 Å². The van der Waals surface area contributed by atoms with Crippen molar-refractivity contribution in [1.82, 2.24) is 5.32 Å². The van der Waals surface area contributed by atoms with Crippen molar-refractivity contribution in [2.45, 2.75) is 26.3 Å². The molecule has 0 spiro atoms. The number of β-lactam (4-membered cyclic amide) rings is 1. The number of amides is 1. The van der Waals surface area contributed by atoms with E-state index in [0.29, 0.717) is 0 Å². The van der Waals surface area contributed by atoms with E-state index in [0.717, 1.165) is 10.9 Å². The Bertz CT molecular complexity index is 376. The summed E-state index contributed by atoms with van der Waals surface area (Å²) in [6, 6.07) is 2.22. The van der Waals surface area contributed by atoms with Crippen molar-refractivity contribution in [2.24, 2.45) is 5.41 Å². The van der Waals surface area contributed by atoms with Crippen LogP contribution in [0.3, 0.4) is 0 Å². The van der Waals surface area contributed by atoms with Gasteiger partial charge in [0.05, 0.1) is 11.5 Å². The highest BCUT2D eigenvalue weighted by atomic mass is 79.9. The molecule has 1 fully saturated rings. The van der Waals surface area contributed by atoms with Crippen molar-refractivity contribution in [2.75, 3.05) is 0 Å². The number of halogens is 1. The Morgan fingerprint density at radius 3 is 2.86 bits per heavy atom. The van der Waals surface area contributed by atoms with Crippen molar-refractivity contribution >= 4 is 33.2 Å². The number of hydrogen-bond acceptors (Lipinski definition) is 2.